The Morgan fingerprint density at radius 3 is 2.35 bits per heavy atom. The van der Waals surface area contributed by atoms with E-state index in [-0.39, 0.29) is 12.0 Å². The summed E-state index contributed by atoms with van der Waals surface area (Å²) in [7, 11) is 1.26. The van der Waals surface area contributed by atoms with Crippen LogP contribution in [-0.4, -0.2) is 19.1 Å². The third kappa shape index (κ3) is 4.76. The van der Waals surface area contributed by atoms with Crippen molar-refractivity contribution in [2.45, 2.75) is 32.2 Å². The monoisotopic (exact) mass is 359 g/mol. The summed E-state index contributed by atoms with van der Waals surface area (Å²) < 4.78 is 32.2. The third-order valence-electron chi connectivity index (χ3n) is 4.19. The van der Waals surface area contributed by atoms with Crippen molar-refractivity contribution in [3.05, 3.63) is 76.9 Å². The number of esters is 1. The molecule has 0 aliphatic rings. The van der Waals surface area contributed by atoms with Gasteiger partial charge in [-0.3, -0.25) is 4.79 Å². The fourth-order valence-corrected chi connectivity index (χ4v) is 2.63. The number of benzene rings is 2. The Hall–Kier alpha value is -2.53. The zero-order valence-corrected chi connectivity index (χ0v) is 15.1. The van der Waals surface area contributed by atoms with Gasteiger partial charge in [-0.15, -0.1) is 0 Å². The van der Waals surface area contributed by atoms with Gasteiger partial charge < -0.3 is 10.5 Å². The molecule has 2 N–H and O–H groups in total. The summed E-state index contributed by atoms with van der Waals surface area (Å²) in [6.45, 7) is 4.17. The molecule has 0 aromatic heterocycles. The zero-order chi connectivity index (χ0) is 19.3. The molecule has 0 spiro atoms. The molecule has 2 rings (SSSR count). The second-order valence-corrected chi connectivity index (χ2v) is 6.38. The van der Waals surface area contributed by atoms with Gasteiger partial charge in [-0.1, -0.05) is 44.2 Å². The lowest BCUT2D eigenvalue weighted by Gasteiger charge is -2.13. The fraction of sp³-hybridized carbons (Fsp3) is 0.286. The molecule has 138 valence electrons. The molecule has 1 atom stereocenters. The lowest BCUT2D eigenvalue weighted by atomic mass is 9.93. The molecule has 0 radical (unpaired) electrons. The Morgan fingerprint density at radius 1 is 1.15 bits per heavy atom. The number of halogens is 2. The van der Waals surface area contributed by atoms with Crippen LogP contribution in [0.5, 0.6) is 0 Å². The first-order valence-electron chi connectivity index (χ1n) is 8.42. The van der Waals surface area contributed by atoms with Crippen molar-refractivity contribution >= 4 is 11.5 Å². The number of ether oxygens (including phenoxy) is 1. The van der Waals surface area contributed by atoms with Gasteiger partial charge in [0, 0.05) is 11.6 Å². The van der Waals surface area contributed by atoms with Crippen LogP contribution in [0.4, 0.5) is 8.78 Å². The van der Waals surface area contributed by atoms with Crippen LogP contribution in [0.3, 0.4) is 0 Å². The van der Waals surface area contributed by atoms with E-state index in [1.54, 1.807) is 6.08 Å². The van der Waals surface area contributed by atoms with Gasteiger partial charge in [0.2, 0.25) is 0 Å². The second kappa shape index (κ2) is 8.72. The van der Waals surface area contributed by atoms with Gasteiger partial charge in [-0.2, -0.15) is 0 Å². The SMILES string of the molecule is COC(=O)C(N)C/C=C(/c1ccc(C(C)C)cc1)c1ccc(F)cc1F. The van der Waals surface area contributed by atoms with Gasteiger partial charge >= 0.3 is 5.97 Å². The summed E-state index contributed by atoms with van der Waals surface area (Å²) >= 11 is 0. The van der Waals surface area contributed by atoms with E-state index in [2.05, 4.69) is 18.6 Å². The predicted molar refractivity (Wildman–Crippen MR) is 98.6 cm³/mol. The molecule has 2 aromatic carbocycles. The largest absolute Gasteiger partial charge is 0.468 e. The molecule has 2 aromatic rings. The maximum Gasteiger partial charge on any atom is 0.322 e. The normalized spacial score (nSPS) is 13.0. The summed E-state index contributed by atoms with van der Waals surface area (Å²) in [4.78, 5) is 11.5. The summed E-state index contributed by atoms with van der Waals surface area (Å²) in [5, 5.41) is 0. The Morgan fingerprint density at radius 2 is 1.81 bits per heavy atom. The maximum atomic E-state index is 14.3. The van der Waals surface area contributed by atoms with Crippen molar-refractivity contribution in [3.63, 3.8) is 0 Å². The highest BCUT2D eigenvalue weighted by Gasteiger charge is 2.16. The van der Waals surface area contributed by atoms with Crippen molar-refractivity contribution in [2.75, 3.05) is 7.11 Å². The summed E-state index contributed by atoms with van der Waals surface area (Å²) in [5.74, 6) is -1.50. The first kappa shape index (κ1) is 19.8. The Bertz CT molecular complexity index is 798. The molecule has 0 aliphatic heterocycles. The minimum atomic E-state index is -0.853. The summed E-state index contributed by atoms with van der Waals surface area (Å²) in [5.41, 5.74) is 8.50. The van der Waals surface area contributed by atoms with E-state index in [1.165, 1.54) is 19.2 Å². The van der Waals surface area contributed by atoms with Crippen molar-refractivity contribution in [1.29, 1.82) is 0 Å². The molecule has 0 saturated heterocycles. The van der Waals surface area contributed by atoms with Crippen LogP contribution in [0.2, 0.25) is 0 Å². The number of hydrogen-bond acceptors (Lipinski definition) is 3. The van der Waals surface area contributed by atoms with Crippen LogP contribution in [0.15, 0.2) is 48.5 Å². The standard InChI is InChI=1S/C21H23F2NO2/c1-13(2)14-4-6-15(7-5-14)17(10-11-20(24)21(25)26-3)18-9-8-16(22)12-19(18)23/h4-10,12-13,20H,11,24H2,1-3H3/b17-10-. The molecule has 3 nitrogen and oxygen atoms in total. The minimum absolute atomic E-state index is 0.171. The number of hydrogen-bond donors (Lipinski definition) is 1. The number of carbonyl (C=O) groups is 1. The summed E-state index contributed by atoms with van der Waals surface area (Å²) in [6, 6.07) is 10.3. The number of methoxy groups -OCH3 is 1. The molecule has 0 saturated carbocycles. The van der Waals surface area contributed by atoms with E-state index in [0.29, 0.717) is 11.5 Å². The Kier molecular flexibility index (Phi) is 6.64. The molecule has 0 fully saturated rings. The molecule has 0 amide bonds. The molecule has 0 aliphatic carbocycles. The van der Waals surface area contributed by atoms with Crippen molar-refractivity contribution < 1.29 is 18.3 Å². The highest BCUT2D eigenvalue weighted by atomic mass is 19.1. The van der Waals surface area contributed by atoms with Crippen LogP contribution >= 0.6 is 0 Å². The van der Waals surface area contributed by atoms with Gasteiger partial charge in [0.1, 0.15) is 17.7 Å². The number of nitrogens with two attached hydrogens (primary N) is 1. The molecule has 0 heterocycles. The summed E-state index contributed by atoms with van der Waals surface area (Å²) in [6.07, 6.45) is 1.85. The van der Waals surface area contributed by atoms with Gasteiger partial charge in [0.15, 0.2) is 0 Å². The van der Waals surface area contributed by atoms with E-state index < -0.39 is 23.6 Å². The van der Waals surface area contributed by atoms with E-state index in [1.807, 2.05) is 24.3 Å². The number of rotatable bonds is 6. The molecule has 1 unspecified atom stereocenters. The average molecular weight is 359 g/mol. The quantitative estimate of drug-likeness (QED) is 0.777. The molecule has 5 heteroatoms. The van der Waals surface area contributed by atoms with Crippen LogP contribution in [0.25, 0.3) is 5.57 Å². The van der Waals surface area contributed by atoms with E-state index >= 15 is 0 Å². The van der Waals surface area contributed by atoms with Gasteiger partial charge in [0.05, 0.1) is 7.11 Å². The van der Waals surface area contributed by atoms with E-state index in [0.717, 1.165) is 17.2 Å². The predicted octanol–water partition coefficient (Wildman–Crippen LogP) is 4.41. The molecular weight excluding hydrogens is 336 g/mol. The van der Waals surface area contributed by atoms with Crippen molar-refractivity contribution in [1.82, 2.24) is 0 Å². The third-order valence-corrected chi connectivity index (χ3v) is 4.19. The molecule has 0 bridgehead atoms. The first-order valence-corrected chi connectivity index (χ1v) is 8.42. The lowest BCUT2D eigenvalue weighted by Crippen LogP contribution is -2.30. The Balaban J connectivity index is 2.45. The van der Waals surface area contributed by atoms with Gasteiger partial charge in [-0.05, 0) is 41.2 Å². The van der Waals surface area contributed by atoms with E-state index in [9.17, 15) is 13.6 Å². The smallest absolute Gasteiger partial charge is 0.322 e. The van der Waals surface area contributed by atoms with Crippen LogP contribution < -0.4 is 5.73 Å². The van der Waals surface area contributed by atoms with Crippen molar-refractivity contribution in [3.8, 4) is 0 Å². The number of carbonyl (C=O) groups excluding carboxylic acids is 1. The van der Waals surface area contributed by atoms with E-state index in [4.69, 9.17) is 5.73 Å². The molecular formula is C21H23F2NO2. The first-order chi connectivity index (χ1) is 12.3. The van der Waals surface area contributed by atoms with Crippen LogP contribution in [0, 0.1) is 11.6 Å². The maximum absolute atomic E-state index is 14.3. The highest BCUT2D eigenvalue weighted by Crippen LogP contribution is 2.28. The van der Waals surface area contributed by atoms with Crippen LogP contribution in [-0.2, 0) is 9.53 Å². The van der Waals surface area contributed by atoms with Crippen molar-refractivity contribution in [2.24, 2.45) is 5.73 Å². The van der Waals surface area contributed by atoms with Crippen LogP contribution in [0.1, 0.15) is 42.9 Å². The highest BCUT2D eigenvalue weighted by molar-refractivity contribution is 5.81. The lowest BCUT2D eigenvalue weighted by molar-refractivity contribution is -0.142. The topological polar surface area (TPSA) is 52.3 Å². The minimum Gasteiger partial charge on any atom is -0.468 e. The zero-order valence-electron chi connectivity index (χ0n) is 15.1. The fourth-order valence-electron chi connectivity index (χ4n) is 2.63. The molecule has 26 heavy (non-hydrogen) atoms. The van der Waals surface area contributed by atoms with Gasteiger partial charge in [-0.25, -0.2) is 8.78 Å². The average Bonchev–Trinajstić information content (AvgIpc) is 2.62. The second-order valence-electron chi connectivity index (χ2n) is 6.38. The van der Waals surface area contributed by atoms with Gasteiger partial charge in [0.25, 0.3) is 0 Å². The Labute approximate surface area is 152 Å².